The first kappa shape index (κ1) is 21.4. The Morgan fingerprint density at radius 3 is 0.542 bits per heavy atom. The molecule has 0 aliphatic heterocycles. The summed E-state index contributed by atoms with van der Waals surface area (Å²) >= 11 is 0. The maximum atomic E-state index is 2.38. The summed E-state index contributed by atoms with van der Waals surface area (Å²) in [5.41, 5.74) is 0. The molecule has 0 heterocycles. The lowest BCUT2D eigenvalue weighted by Crippen LogP contribution is -2.28. The molecule has 0 aliphatic rings. The van der Waals surface area contributed by atoms with Crippen molar-refractivity contribution in [3.05, 3.63) is 48.5 Å². The first-order valence-electron chi connectivity index (χ1n) is 9.42. The Labute approximate surface area is 156 Å². The average Bonchev–Trinajstić information content (AvgIpc) is 2.55. The van der Waals surface area contributed by atoms with Crippen molar-refractivity contribution in [3.63, 3.8) is 0 Å². The molecular formula is C20H36Si4. The molecule has 0 N–H and O–H groups in total. The van der Waals surface area contributed by atoms with E-state index in [2.05, 4.69) is 101 Å². The van der Waals surface area contributed by atoms with E-state index in [4.69, 9.17) is 0 Å². The third-order valence-corrected chi connectivity index (χ3v) is 11.4. The molecule has 2 rings (SSSR count). The van der Waals surface area contributed by atoms with Crippen LogP contribution < -0.4 is 20.7 Å². The van der Waals surface area contributed by atoms with Crippen molar-refractivity contribution in [2.45, 2.75) is 52.4 Å². The topological polar surface area (TPSA) is 0 Å². The molecule has 0 radical (unpaired) electrons. The molecule has 0 bridgehead atoms. The summed E-state index contributed by atoms with van der Waals surface area (Å²) < 4.78 is 0. The van der Waals surface area contributed by atoms with Crippen LogP contribution in [-0.2, 0) is 0 Å². The van der Waals surface area contributed by atoms with E-state index in [1.54, 1.807) is 20.7 Å². The third-order valence-electron chi connectivity index (χ3n) is 4.54. The first-order valence-corrected chi connectivity index (χ1v) is 21.0. The summed E-state index contributed by atoms with van der Waals surface area (Å²) in [6.45, 7) is 19.0. The largest absolute Gasteiger partial charge is 0.0682 e. The SMILES string of the molecule is C[SiH](C)c1ccc([SiH](C)C)cc1.C[SiH](C)c1ccc([SiH](C)C)cc1. The van der Waals surface area contributed by atoms with Crippen LogP contribution in [0, 0.1) is 0 Å². The van der Waals surface area contributed by atoms with Crippen molar-refractivity contribution in [2.24, 2.45) is 0 Å². The molecule has 0 aliphatic carbocycles. The van der Waals surface area contributed by atoms with Crippen LogP contribution in [0.2, 0.25) is 52.4 Å². The highest BCUT2D eigenvalue weighted by molar-refractivity contribution is 6.73. The molecule has 2 aromatic rings. The maximum Gasteiger partial charge on any atom is 0.0647 e. The standard InChI is InChI=1S/2C10H18Si2/c2*1-11(2)9-5-7-10(8-6-9)12(3)4/h2*5-8,11-12H,1-4H3. The second kappa shape index (κ2) is 10.3. The van der Waals surface area contributed by atoms with Crippen LogP contribution in [-0.4, -0.2) is 35.2 Å². The first-order chi connectivity index (χ1) is 11.2. The molecule has 0 nitrogen and oxygen atoms in total. The Hall–Kier alpha value is -0.692. The predicted octanol–water partition coefficient (Wildman–Crippen LogP) is 2.15. The molecule has 0 saturated heterocycles. The van der Waals surface area contributed by atoms with Crippen LogP contribution in [0.25, 0.3) is 0 Å². The maximum absolute atomic E-state index is 2.38. The van der Waals surface area contributed by atoms with E-state index in [0.29, 0.717) is 0 Å². The monoisotopic (exact) mass is 388 g/mol. The minimum absolute atomic E-state index is 0.565. The minimum atomic E-state index is -0.565. The molecular weight excluding hydrogens is 353 g/mol. The lowest BCUT2D eigenvalue weighted by atomic mass is 10.4. The van der Waals surface area contributed by atoms with Crippen LogP contribution in [0.5, 0.6) is 0 Å². The molecule has 0 atom stereocenters. The van der Waals surface area contributed by atoms with Gasteiger partial charge in [-0.1, -0.05) is 122 Å². The Bertz CT molecular complexity index is 475. The van der Waals surface area contributed by atoms with Crippen LogP contribution in [0.15, 0.2) is 48.5 Å². The third kappa shape index (κ3) is 7.05. The van der Waals surface area contributed by atoms with Crippen LogP contribution in [0.3, 0.4) is 0 Å². The van der Waals surface area contributed by atoms with E-state index in [9.17, 15) is 0 Å². The van der Waals surface area contributed by atoms with Gasteiger partial charge in [-0.05, 0) is 0 Å². The quantitative estimate of drug-likeness (QED) is 0.704. The van der Waals surface area contributed by atoms with E-state index in [-0.39, 0.29) is 0 Å². The molecule has 2 aromatic carbocycles. The van der Waals surface area contributed by atoms with Gasteiger partial charge in [-0.15, -0.1) is 0 Å². The van der Waals surface area contributed by atoms with Gasteiger partial charge in [0.1, 0.15) is 0 Å². The van der Waals surface area contributed by atoms with E-state index in [1.807, 2.05) is 0 Å². The number of rotatable bonds is 4. The molecule has 0 saturated carbocycles. The highest BCUT2D eigenvalue weighted by Crippen LogP contribution is 1.90. The second-order valence-electron chi connectivity index (χ2n) is 7.95. The summed E-state index contributed by atoms with van der Waals surface area (Å²) in [6, 6.07) is 18.7. The zero-order valence-corrected chi connectivity index (χ0v) is 21.5. The predicted molar refractivity (Wildman–Crippen MR) is 127 cm³/mol. The zero-order chi connectivity index (χ0) is 18.3. The van der Waals surface area contributed by atoms with Crippen LogP contribution in [0.4, 0.5) is 0 Å². The molecule has 0 amide bonds. The second-order valence-corrected chi connectivity index (χ2v) is 19.9. The van der Waals surface area contributed by atoms with Crippen molar-refractivity contribution in [1.82, 2.24) is 0 Å². The number of hydrogen-bond acceptors (Lipinski definition) is 0. The lowest BCUT2D eigenvalue weighted by molar-refractivity contribution is 1.77. The molecule has 0 aromatic heterocycles. The number of hydrogen-bond donors (Lipinski definition) is 0. The van der Waals surface area contributed by atoms with Crippen LogP contribution >= 0.6 is 0 Å². The highest BCUT2D eigenvalue weighted by Gasteiger charge is 2.03. The van der Waals surface area contributed by atoms with Crippen molar-refractivity contribution < 1.29 is 0 Å². The van der Waals surface area contributed by atoms with Crippen LogP contribution in [0.1, 0.15) is 0 Å². The smallest absolute Gasteiger partial charge is 0.0647 e. The van der Waals surface area contributed by atoms with E-state index < -0.39 is 35.2 Å². The van der Waals surface area contributed by atoms with Gasteiger partial charge < -0.3 is 0 Å². The zero-order valence-electron chi connectivity index (χ0n) is 16.9. The molecule has 0 spiro atoms. The van der Waals surface area contributed by atoms with E-state index in [0.717, 1.165) is 0 Å². The van der Waals surface area contributed by atoms with Gasteiger partial charge in [-0.3, -0.25) is 0 Å². The molecule has 0 unspecified atom stereocenters. The van der Waals surface area contributed by atoms with Gasteiger partial charge in [0.05, 0.1) is 35.2 Å². The molecule has 24 heavy (non-hydrogen) atoms. The van der Waals surface area contributed by atoms with Gasteiger partial charge in [0.25, 0.3) is 0 Å². The van der Waals surface area contributed by atoms with Gasteiger partial charge in [-0.2, -0.15) is 0 Å². The molecule has 132 valence electrons. The Morgan fingerprint density at radius 2 is 0.458 bits per heavy atom. The summed E-state index contributed by atoms with van der Waals surface area (Å²) in [5, 5.41) is 6.36. The Balaban J connectivity index is 0.000000240. The fourth-order valence-corrected chi connectivity index (χ4v) is 6.38. The summed E-state index contributed by atoms with van der Waals surface area (Å²) in [7, 11) is -2.26. The van der Waals surface area contributed by atoms with E-state index >= 15 is 0 Å². The fraction of sp³-hybridized carbons (Fsp3) is 0.400. The van der Waals surface area contributed by atoms with Crippen molar-refractivity contribution >= 4 is 55.9 Å². The summed E-state index contributed by atoms with van der Waals surface area (Å²) in [4.78, 5) is 0. The molecule has 0 fully saturated rings. The Kier molecular flexibility index (Phi) is 9.19. The normalized spacial score (nSPS) is 11.2. The fourth-order valence-electron chi connectivity index (χ4n) is 2.53. The molecule has 4 heteroatoms. The summed E-state index contributed by atoms with van der Waals surface area (Å²) in [6.07, 6.45) is 0. The highest BCUT2D eigenvalue weighted by atomic mass is 28.3. The summed E-state index contributed by atoms with van der Waals surface area (Å²) in [5.74, 6) is 0. The van der Waals surface area contributed by atoms with Gasteiger partial charge in [0, 0.05) is 0 Å². The van der Waals surface area contributed by atoms with E-state index in [1.165, 1.54) is 0 Å². The average molecular weight is 389 g/mol. The van der Waals surface area contributed by atoms with Gasteiger partial charge in [0.2, 0.25) is 0 Å². The van der Waals surface area contributed by atoms with Crippen molar-refractivity contribution in [1.29, 1.82) is 0 Å². The Morgan fingerprint density at radius 1 is 0.333 bits per heavy atom. The van der Waals surface area contributed by atoms with Gasteiger partial charge >= 0.3 is 0 Å². The minimum Gasteiger partial charge on any atom is -0.0682 e. The lowest BCUT2D eigenvalue weighted by Gasteiger charge is -2.07. The van der Waals surface area contributed by atoms with Crippen molar-refractivity contribution in [2.75, 3.05) is 0 Å². The van der Waals surface area contributed by atoms with Gasteiger partial charge in [0.15, 0.2) is 0 Å². The van der Waals surface area contributed by atoms with Gasteiger partial charge in [-0.25, -0.2) is 0 Å². The van der Waals surface area contributed by atoms with Crippen molar-refractivity contribution in [3.8, 4) is 0 Å². The number of benzene rings is 2.